The Morgan fingerprint density at radius 1 is 1.39 bits per heavy atom. The molecule has 2 rings (SSSR count). The molecule has 0 fully saturated rings. The Labute approximate surface area is 111 Å². The maximum absolute atomic E-state index is 12.3. The van der Waals surface area contributed by atoms with Crippen molar-refractivity contribution in [2.75, 3.05) is 19.3 Å². The van der Waals surface area contributed by atoms with Crippen molar-refractivity contribution in [1.82, 2.24) is 4.90 Å². The predicted molar refractivity (Wildman–Crippen MR) is 78.0 cm³/mol. The van der Waals surface area contributed by atoms with Crippen molar-refractivity contribution >= 4 is 33.0 Å². The highest BCUT2D eigenvalue weighted by molar-refractivity contribution is 7.21. The van der Waals surface area contributed by atoms with Gasteiger partial charge in [0.2, 0.25) is 0 Å². The average Bonchev–Trinajstić information content (AvgIpc) is 2.66. The molecular formula is C14H18N2OS. The minimum atomic E-state index is 0.0161. The van der Waals surface area contributed by atoms with Crippen molar-refractivity contribution in [2.24, 2.45) is 5.92 Å². The third-order valence-corrected chi connectivity index (χ3v) is 3.99. The maximum Gasteiger partial charge on any atom is 0.265 e. The zero-order chi connectivity index (χ0) is 13.3. The van der Waals surface area contributed by atoms with Gasteiger partial charge in [-0.3, -0.25) is 4.79 Å². The maximum atomic E-state index is 12.3. The van der Waals surface area contributed by atoms with Crippen LogP contribution >= 0.6 is 11.3 Å². The monoisotopic (exact) mass is 262 g/mol. The minimum absolute atomic E-state index is 0.0161. The summed E-state index contributed by atoms with van der Waals surface area (Å²) >= 11 is 1.47. The molecule has 0 radical (unpaired) electrons. The first-order valence-corrected chi connectivity index (χ1v) is 6.84. The number of hydrogen-bond acceptors (Lipinski definition) is 3. The number of nitrogens with zero attached hydrogens (tertiary/aromatic N) is 1. The van der Waals surface area contributed by atoms with Gasteiger partial charge in [0.25, 0.3) is 5.91 Å². The topological polar surface area (TPSA) is 46.3 Å². The van der Waals surface area contributed by atoms with E-state index in [0.29, 0.717) is 16.5 Å². The second kappa shape index (κ2) is 4.98. The Morgan fingerprint density at radius 3 is 2.67 bits per heavy atom. The molecule has 1 aromatic heterocycles. The number of hydrogen-bond donors (Lipinski definition) is 1. The van der Waals surface area contributed by atoms with Crippen LogP contribution in [0.5, 0.6) is 0 Å². The van der Waals surface area contributed by atoms with Crippen LogP contribution in [0, 0.1) is 5.92 Å². The standard InChI is InChI=1S/C14H18N2OS/c1-9(2)8-16(3)14(17)13-12(15)10-6-4-5-7-11(10)18-13/h4-7,9H,8,15H2,1-3H3. The number of fused-ring (bicyclic) bond motifs is 1. The summed E-state index contributed by atoms with van der Waals surface area (Å²) in [7, 11) is 1.83. The van der Waals surface area contributed by atoms with E-state index in [1.807, 2.05) is 31.3 Å². The number of amides is 1. The van der Waals surface area contributed by atoms with E-state index in [0.717, 1.165) is 16.6 Å². The largest absolute Gasteiger partial charge is 0.397 e. The number of carbonyl (C=O) groups excluding carboxylic acids is 1. The zero-order valence-electron chi connectivity index (χ0n) is 10.9. The number of nitrogen functional groups attached to an aromatic ring is 1. The lowest BCUT2D eigenvalue weighted by Crippen LogP contribution is -2.30. The molecule has 0 saturated carbocycles. The van der Waals surface area contributed by atoms with Crippen LogP contribution in [0.2, 0.25) is 0 Å². The van der Waals surface area contributed by atoms with E-state index < -0.39 is 0 Å². The van der Waals surface area contributed by atoms with Gasteiger partial charge in [0.1, 0.15) is 4.88 Å². The molecule has 96 valence electrons. The average molecular weight is 262 g/mol. The molecule has 1 heterocycles. The molecule has 0 aliphatic heterocycles. The van der Waals surface area contributed by atoms with Gasteiger partial charge in [0.05, 0.1) is 5.69 Å². The Kier molecular flexibility index (Phi) is 3.57. The van der Waals surface area contributed by atoms with Gasteiger partial charge in [-0.15, -0.1) is 11.3 Å². The fraction of sp³-hybridized carbons (Fsp3) is 0.357. The zero-order valence-corrected chi connectivity index (χ0v) is 11.8. The van der Waals surface area contributed by atoms with Gasteiger partial charge in [0, 0.05) is 23.7 Å². The van der Waals surface area contributed by atoms with Gasteiger partial charge in [-0.1, -0.05) is 32.0 Å². The smallest absolute Gasteiger partial charge is 0.265 e. The molecular weight excluding hydrogens is 244 g/mol. The summed E-state index contributed by atoms with van der Waals surface area (Å²) in [4.78, 5) is 14.7. The summed E-state index contributed by atoms with van der Waals surface area (Å²) < 4.78 is 1.07. The molecule has 3 nitrogen and oxygen atoms in total. The highest BCUT2D eigenvalue weighted by atomic mass is 32.1. The predicted octanol–water partition coefficient (Wildman–Crippen LogP) is 3.21. The van der Waals surface area contributed by atoms with Gasteiger partial charge in [-0.25, -0.2) is 0 Å². The molecule has 0 aliphatic carbocycles. The normalized spacial score (nSPS) is 11.1. The van der Waals surface area contributed by atoms with E-state index in [4.69, 9.17) is 5.73 Å². The molecule has 2 aromatic rings. The van der Waals surface area contributed by atoms with E-state index in [2.05, 4.69) is 13.8 Å². The van der Waals surface area contributed by atoms with E-state index in [1.54, 1.807) is 4.90 Å². The number of carbonyl (C=O) groups is 1. The van der Waals surface area contributed by atoms with Crippen LogP contribution in [0.15, 0.2) is 24.3 Å². The minimum Gasteiger partial charge on any atom is -0.397 e. The Hall–Kier alpha value is -1.55. The van der Waals surface area contributed by atoms with Gasteiger partial charge < -0.3 is 10.6 Å². The first-order valence-electron chi connectivity index (χ1n) is 6.03. The summed E-state index contributed by atoms with van der Waals surface area (Å²) in [5.41, 5.74) is 6.68. The van der Waals surface area contributed by atoms with E-state index in [-0.39, 0.29) is 5.91 Å². The summed E-state index contributed by atoms with van der Waals surface area (Å²) in [5, 5.41) is 0.976. The molecule has 18 heavy (non-hydrogen) atoms. The number of anilines is 1. The van der Waals surface area contributed by atoms with E-state index in [1.165, 1.54) is 11.3 Å². The highest BCUT2D eigenvalue weighted by Gasteiger charge is 2.19. The van der Waals surface area contributed by atoms with Crippen LogP contribution in [0.3, 0.4) is 0 Å². The molecule has 1 aromatic carbocycles. The van der Waals surface area contributed by atoms with Crippen molar-refractivity contribution in [3.05, 3.63) is 29.1 Å². The van der Waals surface area contributed by atoms with Crippen molar-refractivity contribution in [3.63, 3.8) is 0 Å². The molecule has 2 N–H and O–H groups in total. The summed E-state index contributed by atoms with van der Waals surface area (Å²) in [5.74, 6) is 0.469. The Bertz CT molecular complexity index is 574. The van der Waals surface area contributed by atoms with Crippen LogP contribution in [-0.2, 0) is 0 Å². The van der Waals surface area contributed by atoms with Crippen molar-refractivity contribution < 1.29 is 4.79 Å². The summed E-state index contributed by atoms with van der Waals surface area (Å²) in [6.07, 6.45) is 0. The second-order valence-corrected chi connectivity index (χ2v) is 5.97. The quantitative estimate of drug-likeness (QED) is 0.923. The summed E-state index contributed by atoms with van der Waals surface area (Å²) in [6.45, 7) is 4.93. The molecule has 0 unspecified atom stereocenters. The fourth-order valence-corrected chi connectivity index (χ4v) is 3.15. The number of nitrogens with two attached hydrogens (primary N) is 1. The van der Waals surface area contributed by atoms with Crippen LogP contribution in [0.25, 0.3) is 10.1 Å². The van der Waals surface area contributed by atoms with E-state index >= 15 is 0 Å². The second-order valence-electron chi connectivity index (χ2n) is 4.92. The molecule has 1 amide bonds. The van der Waals surface area contributed by atoms with E-state index in [9.17, 15) is 4.79 Å². The lowest BCUT2D eigenvalue weighted by Gasteiger charge is -2.18. The molecule has 0 bridgehead atoms. The molecule has 0 spiro atoms. The highest BCUT2D eigenvalue weighted by Crippen LogP contribution is 2.34. The number of thiophene rings is 1. The fourth-order valence-electron chi connectivity index (χ4n) is 2.03. The molecule has 0 aliphatic rings. The van der Waals surface area contributed by atoms with Gasteiger partial charge >= 0.3 is 0 Å². The van der Waals surface area contributed by atoms with Crippen LogP contribution in [0.4, 0.5) is 5.69 Å². The Morgan fingerprint density at radius 2 is 2.06 bits per heavy atom. The van der Waals surface area contributed by atoms with Crippen LogP contribution in [0.1, 0.15) is 23.5 Å². The summed E-state index contributed by atoms with van der Waals surface area (Å²) in [6, 6.07) is 7.86. The lowest BCUT2D eigenvalue weighted by molar-refractivity contribution is 0.0785. The van der Waals surface area contributed by atoms with Gasteiger partial charge in [-0.05, 0) is 12.0 Å². The molecule has 0 saturated heterocycles. The van der Waals surface area contributed by atoms with Gasteiger partial charge in [-0.2, -0.15) is 0 Å². The van der Waals surface area contributed by atoms with Crippen LogP contribution < -0.4 is 5.73 Å². The number of benzene rings is 1. The van der Waals surface area contributed by atoms with Crippen molar-refractivity contribution in [1.29, 1.82) is 0 Å². The SMILES string of the molecule is CC(C)CN(C)C(=O)c1sc2ccccc2c1N. The van der Waals surface area contributed by atoms with Crippen LogP contribution in [-0.4, -0.2) is 24.4 Å². The first kappa shape index (κ1) is 12.9. The third-order valence-electron chi connectivity index (χ3n) is 2.81. The number of rotatable bonds is 3. The van der Waals surface area contributed by atoms with Crippen molar-refractivity contribution in [2.45, 2.75) is 13.8 Å². The molecule has 0 atom stereocenters. The lowest BCUT2D eigenvalue weighted by atomic mass is 10.2. The molecule has 4 heteroatoms. The first-order chi connectivity index (χ1) is 8.50. The van der Waals surface area contributed by atoms with Crippen molar-refractivity contribution in [3.8, 4) is 0 Å². The third kappa shape index (κ3) is 2.34. The van der Waals surface area contributed by atoms with Gasteiger partial charge in [0.15, 0.2) is 0 Å². The Balaban J connectivity index is 2.36.